The van der Waals surface area contributed by atoms with E-state index in [-0.39, 0.29) is 39.2 Å². The van der Waals surface area contributed by atoms with Crippen LogP contribution in [0.25, 0.3) is 133 Å². The highest BCUT2D eigenvalue weighted by Gasteiger charge is 2.44. The van der Waals surface area contributed by atoms with Gasteiger partial charge in [-0.15, -0.1) is 0 Å². The van der Waals surface area contributed by atoms with Gasteiger partial charge < -0.3 is 9.13 Å². The quantitative estimate of drug-likeness (QED) is 0.149. The number of aromatic nitrogens is 4. The molecule has 0 amide bonds. The Morgan fingerprint density at radius 1 is 0.273 bits per heavy atom. The second kappa shape index (κ2) is 22.3. The van der Waals surface area contributed by atoms with Gasteiger partial charge in [0.2, 0.25) is 0 Å². The molecule has 0 bridgehead atoms. The van der Waals surface area contributed by atoms with Crippen LogP contribution in [0.4, 0.5) is 0 Å². The predicted octanol–water partition coefficient (Wildman–Crippen LogP) is 23.3. The first-order chi connectivity index (χ1) is 46.9. The van der Waals surface area contributed by atoms with Crippen LogP contribution >= 0.6 is 0 Å². The highest BCUT2D eigenvalue weighted by Crippen LogP contribution is 2.51. The number of hydrogen-bond donors (Lipinski definition) is 0. The third-order valence-corrected chi connectivity index (χ3v) is 21.5. The van der Waals surface area contributed by atoms with Crippen LogP contribution in [0.1, 0.15) is 158 Å². The van der Waals surface area contributed by atoms with Gasteiger partial charge in [0.05, 0.1) is 22.4 Å². The minimum atomic E-state index is -0.218. The van der Waals surface area contributed by atoms with Gasteiger partial charge in [-0.1, -0.05) is 282 Å². The summed E-state index contributed by atoms with van der Waals surface area (Å²) in [6.45, 7) is 42.2. The molecule has 2 aliphatic heterocycles. The monoisotopic (exact) mass is 1290 g/mol. The van der Waals surface area contributed by atoms with Gasteiger partial charge >= 0.3 is 0 Å². The van der Waals surface area contributed by atoms with Crippen molar-refractivity contribution in [3.8, 4) is 89.8 Å². The SMILES string of the molecule is CC(C)(C)c1cc(-c2cc(-c3cc4c5c(c3)-n3c6cc(-c7ccccc7)cc(-c7ccccc7)c6c6c(C(C)(C)C)ccc(c63)B5c3ccc(C(C)(C)C)c5c6c(-c7ccccc7)cc(-c7ccccc7)cc6n-4c35)nc(-c3cc(C(C)(C)C)cc(C(C)(C)C)c3)n2)cc(C(C)(C)C)c1. The summed E-state index contributed by atoms with van der Waals surface area (Å²) in [5, 5.41) is 5.17. The van der Waals surface area contributed by atoms with E-state index in [1.54, 1.807) is 0 Å². The fraction of sp³-hybridized carbons (Fsp3) is 0.255. The summed E-state index contributed by atoms with van der Waals surface area (Å²) in [6.07, 6.45) is 0. The van der Waals surface area contributed by atoms with E-state index in [0.717, 1.165) is 39.5 Å². The Hall–Kier alpha value is -9.84. The second-order valence-corrected chi connectivity index (χ2v) is 34.7. The lowest BCUT2D eigenvalue weighted by Crippen LogP contribution is -2.59. The van der Waals surface area contributed by atoms with Gasteiger partial charge in [0.1, 0.15) is 0 Å². The maximum absolute atomic E-state index is 6.01. The van der Waals surface area contributed by atoms with Gasteiger partial charge in [-0.05, 0) is 193 Å². The van der Waals surface area contributed by atoms with Crippen molar-refractivity contribution >= 4 is 66.7 Å². The van der Waals surface area contributed by atoms with Gasteiger partial charge in [-0.25, -0.2) is 9.97 Å². The molecule has 11 aromatic carbocycles. The van der Waals surface area contributed by atoms with Gasteiger partial charge in [-0.3, -0.25) is 0 Å². The normalized spacial score (nSPS) is 13.3. The van der Waals surface area contributed by atoms with Crippen molar-refractivity contribution in [3.63, 3.8) is 0 Å². The van der Waals surface area contributed by atoms with Crippen LogP contribution in [0, 0.1) is 0 Å². The van der Waals surface area contributed by atoms with Crippen LogP contribution in [0.15, 0.2) is 224 Å². The molecule has 0 N–H and O–H groups in total. The smallest absolute Gasteiger partial charge is 0.252 e. The van der Waals surface area contributed by atoms with E-state index >= 15 is 0 Å². The van der Waals surface area contributed by atoms with Crippen molar-refractivity contribution in [2.45, 2.75) is 157 Å². The van der Waals surface area contributed by atoms with Crippen molar-refractivity contribution in [2.75, 3.05) is 0 Å². The zero-order valence-corrected chi connectivity index (χ0v) is 61.2. The van der Waals surface area contributed by atoms with Gasteiger partial charge in [0, 0.05) is 60.6 Å². The topological polar surface area (TPSA) is 35.6 Å². The van der Waals surface area contributed by atoms with Crippen LogP contribution in [-0.2, 0) is 32.5 Å². The first-order valence-corrected chi connectivity index (χ1v) is 35.8. The number of rotatable bonds is 7. The first kappa shape index (κ1) is 63.9. The van der Waals surface area contributed by atoms with E-state index in [2.05, 4.69) is 358 Å². The lowest BCUT2D eigenvalue weighted by molar-refractivity contribution is 0.568. The largest absolute Gasteiger partial charge is 0.310 e. The van der Waals surface area contributed by atoms with E-state index < -0.39 is 0 Å². The predicted molar refractivity (Wildman–Crippen MR) is 426 cm³/mol. The Kier molecular flexibility index (Phi) is 14.4. The average molecular weight is 1290 g/mol. The lowest BCUT2D eigenvalue weighted by Gasteiger charge is -2.35. The number of hydrogen-bond acceptors (Lipinski definition) is 2. The highest BCUT2D eigenvalue weighted by molar-refractivity contribution is 7.00. The average Bonchev–Trinajstić information content (AvgIpc) is 1.53. The molecule has 16 rings (SSSR count). The van der Waals surface area contributed by atoms with Crippen molar-refractivity contribution in [1.82, 2.24) is 19.1 Å². The molecule has 5 heterocycles. The molecule has 3 aromatic heterocycles. The summed E-state index contributed by atoms with van der Waals surface area (Å²) < 4.78 is 5.42. The molecule has 99 heavy (non-hydrogen) atoms. The van der Waals surface area contributed by atoms with E-state index in [0.29, 0.717) is 5.82 Å². The van der Waals surface area contributed by atoms with Crippen molar-refractivity contribution in [1.29, 1.82) is 0 Å². The minimum absolute atomic E-state index is 0.126. The Balaban J connectivity index is 1.13. The zero-order valence-electron chi connectivity index (χ0n) is 61.2. The molecule has 14 aromatic rings. The van der Waals surface area contributed by atoms with Crippen molar-refractivity contribution in [3.05, 3.63) is 258 Å². The summed E-state index contributed by atoms with van der Waals surface area (Å²) in [6, 6.07) is 86.1. The Morgan fingerprint density at radius 3 is 0.949 bits per heavy atom. The van der Waals surface area contributed by atoms with Crippen molar-refractivity contribution in [2.24, 2.45) is 0 Å². The third kappa shape index (κ3) is 10.6. The van der Waals surface area contributed by atoms with Crippen molar-refractivity contribution < 1.29 is 0 Å². The fourth-order valence-corrected chi connectivity index (χ4v) is 16.1. The minimum Gasteiger partial charge on any atom is -0.310 e. The maximum atomic E-state index is 6.01. The summed E-state index contributed by atoms with van der Waals surface area (Å²) in [7, 11) is 0. The molecule has 5 heteroatoms. The highest BCUT2D eigenvalue weighted by atomic mass is 15.0. The van der Waals surface area contributed by atoms with Crippen LogP contribution < -0.4 is 16.4 Å². The van der Waals surface area contributed by atoms with Gasteiger partial charge in [0.25, 0.3) is 6.71 Å². The van der Waals surface area contributed by atoms with Crippen LogP contribution in [0.5, 0.6) is 0 Å². The van der Waals surface area contributed by atoms with Gasteiger partial charge in [0.15, 0.2) is 5.82 Å². The first-order valence-electron chi connectivity index (χ1n) is 35.8. The Morgan fingerprint density at radius 2 is 0.606 bits per heavy atom. The summed E-state index contributed by atoms with van der Waals surface area (Å²) in [4.78, 5) is 11.8. The molecule has 0 atom stereocenters. The molecule has 2 aliphatic rings. The number of fused-ring (bicyclic) bond motifs is 10. The molecule has 0 saturated heterocycles. The van der Waals surface area contributed by atoms with Gasteiger partial charge in [-0.2, -0.15) is 0 Å². The van der Waals surface area contributed by atoms with E-state index in [4.69, 9.17) is 9.97 Å². The fourth-order valence-electron chi connectivity index (χ4n) is 16.1. The summed E-state index contributed by atoms with van der Waals surface area (Å²) >= 11 is 0. The number of nitrogens with zero attached hydrogens (tertiary/aromatic N) is 4. The zero-order chi connectivity index (χ0) is 69.4. The number of benzene rings is 11. The molecule has 0 fully saturated rings. The second-order valence-electron chi connectivity index (χ2n) is 34.7. The third-order valence-electron chi connectivity index (χ3n) is 21.5. The Bertz CT molecular complexity index is 5220. The molecule has 0 aliphatic carbocycles. The van der Waals surface area contributed by atoms with Crippen LogP contribution in [-0.4, -0.2) is 25.8 Å². The standard InChI is InChI=1S/C94H91BN4/c1-89(2,3)65-43-62(44-66(53-65)90(4,5)6)75-55-76(97-88(96-75)64-45-67(91(7,8)9)54-68(46-64)92(10,11)12)63-51-79-85-80(52-63)99-78-50-61(57-33-25-20-26-34-57)48-70(59-37-29-22-30-38-59)82(78)84-72(94(16,17)18)40-42-74(87(84)99)95(85)73-41-39-71(93(13,14)15)83-81-69(58-35-27-21-28-36-58)47-60(56-31-23-19-24-32-56)49-77(81)98(79)86(73)83/h19-55H,1-18H3. The molecule has 0 spiro atoms. The lowest BCUT2D eigenvalue weighted by atomic mass is 9.34. The van der Waals surface area contributed by atoms with E-state index in [1.165, 1.54) is 138 Å². The summed E-state index contributed by atoms with van der Waals surface area (Å²) in [5.74, 6) is 0.713. The van der Waals surface area contributed by atoms with Crippen LogP contribution in [0.2, 0.25) is 0 Å². The molecule has 0 unspecified atom stereocenters. The molecule has 490 valence electrons. The van der Waals surface area contributed by atoms with E-state index in [1.807, 2.05) is 0 Å². The molecule has 0 saturated carbocycles. The summed E-state index contributed by atoms with van der Waals surface area (Å²) in [5.41, 5.74) is 32.4. The van der Waals surface area contributed by atoms with Crippen LogP contribution in [0.3, 0.4) is 0 Å². The molecule has 4 nitrogen and oxygen atoms in total. The molecule has 0 radical (unpaired) electrons. The Labute approximate surface area is 587 Å². The maximum Gasteiger partial charge on any atom is 0.252 e. The van der Waals surface area contributed by atoms with E-state index in [9.17, 15) is 0 Å². The molecular formula is C94H91BN4. The molecular weight excluding hydrogens is 1200 g/mol.